The minimum absolute atomic E-state index is 0.162. The molecule has 5 nitrogen and oxygen atoms in total. The molecule has 0 unspecified atom stereocenters. The summed E-state index contributed by atoms with van der Waals surface area (Å²) in [5.41, 5.74) is 7.32. The number of nitrogens with zero attached hydrogens (tertiary/aromatic N) is 1. The van der Waals surface area contributed by atoms with Crippen molar-refractivity contribution in [3.05, 3.63) is 46.5 Å². The van der Waals surface area contributed by atoms with Gasteiger partial charge in [0.2, 0.25) is 0 Å². The predicted octanol–water partition coefficient (Wildman–Crippen LogP) is 2.87. The van der Waals surface area contributed by atoms with E-state index in [0.29, 0.717) is 11.4 Å². The number of anilines is 1. The van der Waals surface area contributed by atoms with E-state index in [4.69, 9.17) is 5.73 Å². The summed E-state index contributed by atoms with van der Waals surface area (Å²) in [6, 6.07) is 7.32. The van der Waals surface area contributed by atoms with E-state index in [0.717, 1.165) is 15.9 Å². The molecule has 0 atom stereocenters. The number of benzene rings is 1. The highest BCUT2D eigenvalue weighted by Crippen LogP contribution is 2.23. The van der Waals surface area contributed by atoms with Gasteiger partial charge in [-0.25, -0.2) is 4.98 Å². The van der Waals surface area contributed by atoms with Crippen molar-refractivity contribution < 1.29 is 4.79 Å². The van der Waals surface area contributed by atoms with E-state index in [1.165, 1.54) is 11.3 Å². The highest BCUT2D eigenvalue weighted by atomic mass is 32.1. The molecule has 1 amide bonds. The lowest BCUT2D eigenvalue weighted by molar-refractivity contribution is 0.0907. The second-order valence-electron chi connectivity index (χ2n) is 5.45. The average Bonchev–Trinajstić information content (AvgIpc) is 3.07. The number of nitrogens with two attached hydrogens (primary N) is 1. The molecule has 0 aliphatic rings. The first-order valence-corrected chi connectivity index (χ1v) is 7.44. The van der Waals surface area contributed by atoms with E-state index in [2.05, 4.69) is 15.3 Å². The smallest absolute Gasteiger partial charge is 0.268 e. The van der Waals surface area contributed by atoms with Gasteiger partial charge in [0.1, 0.15) is 10.7 Å². The zero-order valence-corrected chi connectivity index (χ0v) is 12.6. The largest absolute Gasteiger partial charge is 0.399 e. The van der Waals surface area contributed by atoms with Gasteiger partial charge < -0.3 is 16.0 Å². The van der Waals surface area contributed by atoms with Crippen molar-refractivity contribution in [2.75, 3.05) is 5.73 Å². The lowest BCUT2D eigenvalue weighted by Gasteiger charge is -2.23. The van der Waals surface area contributed by atoms with Crippen LogP contribution in [0.3, 0.4) is 0 Å². The van der Waals surface area contributed by atoms with E-state index in [9.17, 15) is 4.79 Å². The highest BCUT2D eigenvalue weighted by molar-refractivity contribution is 7.09. The number of hydrogen-bond donors (Lipinski definition) is 3. The van der Waals surface area contributed by atoms with Crippen LogP contribution in [0.25, 0.3) is 10.9 Å². The predicted molar refractivity (Wildman–Crippen MR) is 85.3 cm³/mol. The van der Waals surface area contributed by atoms with Gasteiger partial charge in [-0.05, 0) is 38.1 Å². The topological polar surface area (TPSA) is 83.8 Å². The molecule has 3 aromatic rings. The number of aromatic amines is 1. The van der Waals surface area contributed by atoms with Crippen molar-refractivity contribution in [3.63, 3.8) is 0 Å². The van der Waals surface area contributed by atoms with Crippen molar-refractivity contribution in [3.8, 4) is 0 Å². The summed E-state index contributed by atoms with van der Waals surface area (Å²) in [6.45, 7) is 3.87. The van der Waals surface area contributed by atoms with Gasteiger partial charge in [0, 0.05) is 28.2 Å². The van der Waals surface area contributed by atoms with Crippen molar-refractivity contribution >= 4 is 33.8 Å². The second-order valence-corrected chi connectivity index (χ2v) is 6.34. The van der Waals surface area contributed by atoms with Crippen LogP contribution in [-0.4, -0.2) is 15.9 Å². The quantitative estimate of drug-likeness (QED) is 0.650. The molecule has 4 N–H and O–H groups in total. The summed E-state index contributed by atoms with van der Waals surface area (Å²) in [5, 5.41) is 6.69. The molecule has 0 saturated carbocycles. The van der Waals surface area contributed by atoms with Gasteiger partial charge in [0.25, 0.3) is 5.91 Å². The zero-order valence-electron chi connectivity index (χ0n) is 11.8. The Hall–Kier alpha value is -2.34. The molecule has 2 aromatic heterocycles. The van der Waals surface area contributed by atoms with E-state index in [1.54, 1.807) is 18.3 Å². The Kier molecular flexibility index (Phi) is 3.17. The first-order valence-electron chi connectivity index (χ1n) is 6.56. The summed E-state index contributed by atoms with van der Waals surface area (Å²) in [7, 11) is 0. The molecule has 6 heteroatoms. The summed E-state index contributed by atoms with van der Waals surface area (Å²) in [4.78, 5) is 19.8. The van der Waals surface area contributed by atoms with Crippen LogP contribution in [-0.2, 0) is 5.54 Å². The fourth-order valence-corrected chi connectivity index (χ4v) is 2.93. The van der Waals surface area contributed by atoms with Gasteiger partial charge >= 0.3 is 0 Å². The van der Waals surface area contributed by atoms with Crippen molar-refractivity contribution in [2.24, 2.45) is 0 Å². The van der Waals surface area contributed by atoms with Gasteiger partial charge in [0.05, 0.1) is 5.54 Å². The van der Waals surface area contributed by atoms with Crippen LogP contribution < -0.4 is 11.1 Å². The molecule has 0 saturated heterocycles. The first kappa shape index (κ1) is 13.6. The van der Waals surface area contributed by atoms with E-state index in [1.807, 2.05) is 31.4 Å². The molecule has 0 radical (unpaired) electrons. The molecule has 0 fully saturated rings. The third-order valence-corrected chi connectivity index (χ3v) is 4.38. The maximum atomic E-state index is 12.4. The molecule has 2 heterocycles. The SMILES string of the molecule is CC(C)(NC(=O)c1cc2cc(N)ccc2[nH]1)c1nccs1. The number of hydrogen-bond acceptors (Lipinski definition) is 4. The number of H-pyrrole nitrogens is 1. The molecule has 3 rings (SSSR count). The third-order valence-electron chi connectivity index (χ3n) is 3.28. The minimum atomic E-state index is -0.512. The van der Waals surface area contributed by atoms with Crippen LogP contribution in [0.1, 0.15) is 29.3 Å². The maximum Gasteiger partial charge on any atom is 0.268 e. The van der Waals surface area contributed by atoms with Crippen LogP contribution in [0.15, 0.2) is 35.8 Å². The van der Waals surface area contributed by atoms with Gasteiger partial charge in [0.15, 0.2) is 0 Å². The highest BCUT2D eigenvalue weighted by Gasteiger charge is 2.26. The molecule has 0 bridgehead atoms. The van der Waals surface area contributed by atoms with Crippen LogP contribution >= 0.6 is 11.3 Å². The van der Waals surface area contributed by atoms with Gasteiger partial charge in [-0.1, -0.05) is 0 Å². The summed E-state index contributed by atoms with van der Waals surface area (Å²) < 4.78 is 0. The molecule has 1 aromatic carbocycles. The number of nitrogen functional groups attached to an aromatic ring is 1. The molecular weight excluding hydrogens is 284 g/mol. The molecule has 0 aliphatic heterocycles. The van der Waals surface area contributed by atoms with E-state index in [-0.39, 0.29) is 5.91 Å². The van der Waals surface area contributed by atoms with Gasteiger partial charge in [-0.2, -0.15) is 0 Å². The summed E-state index contributed by atoms with van der Waals surface area (Å²) >= 11 is 1.52. The number of rotatable bonds is 3. The molecule has 0 spiro atoms. The zero-order chi connectivity index (χ0) is 15.0. The Labute approximate surface area is 126 Å². The Morgan fingerprint density at radius 2 is 2.19 bits per heavy atom. The summed E-state index contributed by atoms with van der Waals surface area (Å²) in [6.07, 6.45) is 1.74. The van der Waals surface area contributed by atoms with Crippen LogP contribution in [0.4, 0.5) is 5.69 Å². The molecular formula is C15H16N4OS. The second kappa shape index (κ2) is 4.89. The number of thiazole rings is 1. The Bertz CT molecular complexity index is 789. The number of amides is 1. The average molecular weight is 300 g/mol. The van der Waals surface area contributed by atoms with Crippen molar-refractivity contribution in [1.29, 1.82) is 0 Å². The maximum absolute atomic E-state index is 12.4. The normalized spacial score (nSPS) is 11.7. The molecule has 0 aliphatic carbocycles. The standard InChI is InChI=1S/C15H16N4OS/c1-15(2,14-17-5-6-21-14)19-13(20)12-8-9-7-10(16)3-4-11(9)18-12/h3-8,18H,16H2,1-2H3,(H,19,20). The lowest BCUT2D eigenvalue weighted by atomic mass is 10.1. The molecule has 108 valence electrons. The lowest BCUT2D eigenvalue weighted by Crippen LogP contribution is -2.41. The minimum Gasteiger partial charge on any atom is -0.399 e. The number of carbonyl (C=O) groups excluding carboxylic acids is 1. The number of fused-ring (bicyclic) bond motifs is 1. The fraction of sp³-hybridized carbons (Fsp3) is 0.200. The number of carbonyl (C=O) groups is 1. The molecule has 21 heavy (non-hydrogen) atoms. The third kappa shape index (κ3) is 2.62. The van der Waals surface area contributed by atoms with Crippen LogP contribution in [0.2, 0.25) is 0 Å². The number of aromatic nitrogens is 2. The first-order chi connectivity index (χ1) is 9.95. The van der Waals surface area contributed by atoms with Crippen LogP contribution in [0.5, 0.6) is 0 Å². The van der Waals surface area contributed by atoms with E-state index < -0.39 is 5.54 Å². The Morgan fingerprint density at radius 1 is 1.38 bits per heavy atom. The number of nitrogens with one attached hydrogen (secondary N) is 2. The monoisotopic (exact) mass is 300 g/mol. The van der Waals surface area contributed by atoms with Crippen molar-refractivity contribution in [1.82, 2.24) is 15.3 Å². The van der Waals surface area contributed by atoms with Crippen LogP contribution in [0, 0.1) is 0 Å². The van der Waals surface area contributed by atoms with Gasteiger partial charge in [-0.15, -0.1) is 11.3 Å². The summed E-state index contributed by atoms with van der Waals surface area (Å²) in [5.74, 6) is -0.162. The Balaban J connectivity index is 1.87. The fourth-order valence-electron chi connectivity index (χ4n) is 2.21. The Morgan fingerprint density at radius 3 is 2.90 bits per heavy atom. The van der Waals surface area contributed by atoms with Crippen molar-refractivity contribution in [2.45, 2.75) is 19.4 Å². The van der Waals surface area contributed by atoms with Gasteiger partial charge in [-0.3, -0.25) is 4.79 Å². The van der Waals surface area contributed by atoms with E-state index >= 15 is 0 Å².